The van der Waals surface area contributed by atoms with Crippen molar-refractivity contribution in [3.05, 3.63) is 0 Å². The van der Waals surface area contributed by atoms with Crippen molar-refractivity contribution in [2.75, 3.05) is 31.6 Å². The lowest BCUT2D eigenvalue weighted by atomic mass is 10.4. The van der Waals surface area contributed by atoms with Crippen LogP contribution in [0.4, 0.5) is 0 Å². The van der Waals surface area contributed by atoms with E-state index in [0.29, 0.717) is 6.54 Å². The second-order valence-electron chi connectivity index (χ2n) is 4.49. The lowest BCUT2D eigenvalue weighted by Crippen LogP contribution is -2.53. The lowest BCUT2D eigenvalue weighted by Gasteiger charge is -2.34. The number of nitrogens with one attached hydrogen (secondary N) is 1. The van der Waals surface area contributed by atoms with Crippen LogP contribution in [-0.2, 0) is 19.9 Å². The van der Waals surface area contributed by atoms with Crippen LogP contribution >= 0.6 is 0 Å². The number of hydrogen-bond acceptors (Lipinski definition) is 5. The van der Waals surface area contributed by atoms with Gasteiger partial charge in [-0.05, 0) is 20.9 Å². The van der Waals surface area contributed by atoms with Crippen molar-refractivity contribution >= 4 is 19.9 Å². The first-order chi connectivity index (χ1) is 7.70. The highest BCUT2D eigenvalue weighted by Gasteiger charge is 2.37. The SMILES string of the molecule is CNCC(C)S(=O)(=O)N1CCS(=O)(=O)CC1C. The van der Waals surface area contributed by atoms with Gasteiger partial charge in [-0.25, -0.2) is 16.8 Å². The summed E-state index contributed by atoms with van der Waals surface area (Å²) in [6.45, 7) is 3.69. The Morgan fingerprint density at radius 2 is 2.06 bits per heavy atom. The van der Waals surface area contributed by atoms with Crippen molar-refractivity contribution < 1.29 is 16.8 Å². The van der Waals surface area contributed by atoms with Gasteiger partial charge >= 0.3 is 0 Å². The van der Waals surface area contributed by atoms with Gasteiger partial charge in [0.1, 0.15) is 0 Å². The Kier molecular flexibility index (Phi) is 4.56. The van der Waals surface area contributed by atoms with Gasteiger partial charge in [-0.3, -0.25) is 0 Å². The van der Waals surface area contributed by atoms with E-state index in [-0.39, 0.29) is 18.1 Å². The van der Waals surface area contributed by atoms with Crippen LogP contribution < -0.4 is 5.32 Å². The highest BCUT2D eigenvalue weighted by molar-refractivity contribution is 7.92. The van der Waals surface area contributed by atoms with Gasteiger partial charge in [-0.1, -0.05) is 0 Å². The maximum Gasteiger partial charge on any atom is 0.218 e. The van der Waals surface area contributed by atoms with Gasteiger partial charge in [0.15, 0.2) is 9.84 Å². The zero-order valence-electron chi connectivity index (χ0n) is 10.4. The van der Waals surface area contributed by atoms with Gasteiger partial charge in [0.25, 0.3) is 0 Å². The van der Waals surface area contributed by atoms with E-state index < -0.39 is 31.2 Å². The van der Waals surface area contributed by atoms with Crippen molar-refractivity contribution in [1.29, 1.82) is 0 Å². The van der Waals surface area contributed by atoms with Crippen LogP contribution in [0.1, 0.15) is 13.8 Å². The summed E-state index contributed by atoms with van der Waals surface area (Å²) >= 11 is 0. The Morgan fingerprint density at radius 3 is 2.53 bits per heavy atom. The molecule has 0 bridgehead atoms. The first-order valence-corrected chi connectivity index (χ1v) is 8.89. The van der Waals surface area contributed by atoms with Crippen molar-refractivity contribution in [2.45, 2.75) is 25.1 Å². The standard InChI is InChI=1S/C9H20N2O4S2/c1-8-7-16(12,13)5-4-11(8)17(14,15)9(2)6-10-3/h8-10H,4-7H2,1-3H3. The molecule has 2 unspecified atom stereocenters. The Balaban J connectivity index is 2.87. The van der Waals surface area contributed by atoms with E-state index >= 15 is 0 Å². The van der Waals surface area contributed by atoms with E-state index in [0.717, 1.165) is 0 Å². The Hall–Kier alpha value is -0.180. The summed E-state index contributed by atoms with van der Waals surface area (Å²) in [6, 6.07) is -0.474. The van der Waals surface area contributed by atoms with Crippen molar-refractivity contribution in [1.82, 2.24) is 9.62 Å². The number of sulfonamides is 1. The maximum atomic E-state index is 12.2. The Labute approximate surface area is 103 Å². The molecule has 1 fully saturated rings. The van der Waals surface area contributed by atoms with Crippen LogP contribution in [0.25, 0.3) is 0 Å². The molecule has 0 aromatic heterocycles. The number of nitrogens with zero attached hydrogens (tertiary/aromatic N) is 1. The largest absolute Gasteiger partial charge is 0.318 e. The van der Waals surface area contributed by atoms with Crippen molar-refractivity contribution in [2.24, 2.45) is 0 Å². The molecule has 0 aliphatic carbocycles. The maximum absolute atomic E-state index is 12.2. The third-order valence-electron chi connectivity index (χ3n) is 2.94. The van der Waals surface area contributed by atoms with Gasteiger partial charge < -0.3 is 5.32 Å². The third kappa shape index (κ3) is 3.40. The predicted octanol–water partition coefficient (Wildman–Crippen LogP) is -0.957. The molecule has 0 radical (unpaired) electrons. The molecule has 6 nitrogen and oxygen atoms in total. The highest BCUT2D eigenvalue weighted by atomic mass is 32.2. The third-order valence-corrected chi connectivity index (χ3v) is 7.11. The molecule has 1 aliphatic rings. The van der Waals surface area contributed by atoms with E-state index in [2.05, 4.69) is 5.32 Å². The molecule has 0 amide bonds. The summed E-state index contributed by atoms with van der Waals surface area (Å²) in [7, 11) is -4.81. The normalized spacial score (nSPS) is 27.8. The van der Waals surface area contributed by atoms with Crippen LogP contribution in [-0.4, -0.2) is 64.1 Å². The van der Waals surface area contributed by atoms with Gasteiger partial charge in [-0.15, -0.1) is 0 Å². The molecule has 0 spiro atoms. The van der Waals surface area contributed by atoms with Crippen molar-refractivity contribution in [3.63, 3.8) is 0 Å². The zero-order valence-corrected chi connectivity index (χ0v) is 12.0. The first kappa shape index (κ1) is 14.9. The second-order valence-corrected chi connectivity index (χ2v) is 9.02. The van der Waals surface area contributed by atoms with Crippen LogP contribution in [0.15, 0.2) is 0 Å². The highest BCUT2D eigenvalue weighted by Crippen LogP contribution is 2.18. The van der Waals surface area contributed by atoms with Crippen LogP contribution in [0.3, 0.4) is 0 Å². The molecule has 1 heterocycles. The van der Waals surface area contributed by atoms with Crippen LogP contribution in [0, 0.1) is 0 Å². The smallest absolute Gasteiger partial charge is 0.218 e. The molecule has 17 heavy (non-hydrogen) atoms. The van der Waals surface area contributed by atoms with E-state index in [1.165, 1.54) is 4.31 Å². The fraction of sp³-hybridized carbons (Fsp3) is 1.00. The van der Waals surface area contributed by atoms with Gasteiger partial charge in [0.05, 0.1) is 16.8 Å². The fourth-order valence-corrected chi connectivity index (χ4v) is 5.51. The minimum absolute atomic E-state index is 0.0693. The van der Waals surface area contributed by atoms with E-state index in [9.17, 15) is 16.8 Å². The summed E-state index contributed by atoms with van der Waals surface area (Å²) in [4.78, 5) is 0. The molecule has 0 aromatic carbocycles. The monoisotopic (exact) mass is 284 g/mol. The summed E-state index contributed by atoms with van der Waals surface area (Å²) < 4.78 is 48.5. The molecule has 1 N–H and O–H groups in total. The number of hydrogen-bond donors (Lipinski definition) is 1. The van der Waals surface area contributed by atoms with E-state index in [4.69, 9.17) is 0 Å². The molecule has 0 saturated carbocycles. The molecule has 8 heteroatoms. The van der Waals surface area contributed by atoms with Crippen LogP contribution in [0.2, 0.25) is 0 Å². The summed E-state index contributed by atoms with van der Waals surface area (Å²) in [5, 5.41) is 2.27. The zero-order chi connectivity index (χ0) is 13.3. The average Bonchev–Trinajstić information content (AvgIpc) is 2.15. The van der Waals surface area contributed by atoms with Crippen LogP contribution in [0.5, 0.6) is 0 Å². The van der Waals surface area contributed by atoms with Gasteiger partial charge in [0.2, 0.25) is 10.0 Å². The summed E-state index contributed by atoms with van der Waals surface area (Å²) in [5.41, 5.74) is 0. The minimum atomic E-state index is -3.42. The molecule has 1 saturated heterocycles. The molecule has 2 atom stereocenters. The lowest BCUT2D eigenvalue weighted by molar-refractivity contribution is 0.352. The quantitative estimate of drug-likeness (QED) is 0.719. The van der Waals surface area contributed by atoms with Crippen molar-refractivity contribution in [3.8, 4) is 0 Å². The first-order valence-electron chi connectivity index (χ1n) is 5.56. The van der Waals surface area contributed by atoms with Gasteiger partial charge in [-0.2, -0.15) is 4.31 Å². The second kappa shape index (κ2) is 5.21. The molecule has 1 aliphatic heterocycles. The summed E-state index contributed by atoms with van der Waals surface area (Å²) in [5.74, 6) is -0.165. The molecule has 1 rings (SSSR count). The summed E-state index contributed by atoms with van der Waals surface area (Å²) in [6.07, 6.45) is 0. The predicted molar refractivity (Wildman–Crippen MR) is 67.1 cm³/mol. The molecule has 0 aromatic rings. The van der Waals surface area contributed by atoms with E-state index in [1.54, 1.807) is 20.9 Å². The molecular weight excluding hydrogens is 264 g/mol. The van der Waals surface area contributed by atoms with E-state index in [1.807, 2.05) is 0 Å². The topological polar surface area (TPSA) is 83.6 Å². The molecular formula is C9H20N2O4S2. The fourth-order valence-electron chi connectivity index (χ4n) is 1.99. The minimum Gasteiger partial charge on any atom is -0.318 e. The Bertz CT molecular complexity index is 457. The van der Waals surface area contributed by atoms with Gasteiger partial charge in [0, 0.05) is 19.1 Å². The number of sulfone groups is 1. The molecule has 102 valence electrons. The average molecular weight is 284 g/mol. The Morgan fingerprint density at radius 1 is 1.47 bits per heavy atom. The number of rotatable bonds is 4.